The van der Waals surface area contributed by atoms with Gasteiger partial charge in [0.1, 0.15) is 0 Å². The fourth-order valence-corrected chi connectivity index (χ4v) is 2.64. The van der Waals surface area contributed by atoms with Crippen molar-refractivity contribution in [2.45, 2.75) is 33.2 Å². The number of rotatable bonds is 7. The zero-order valence-corrected chi connectivity index (χ0v) is 15.5. The van der Waals surface area contributed by atoms with E-state index in [4.69, 9.17) is 4.74 Å². The predicted octanol–water partition coefficient (Wildman–Crippen LogP) is 3.96. The quantitative estimate of drug-likeness (QED) is 0.452. The van der Waals surface area contributed by atoms with Gasteiger partial charge in [0, 0.05) is 17.7 Å². The van der Waals surface area contributed by atoms with Gasteiger partial charge in [0.2, 0.25) is 0 Å². The normalized spacial score (nSPS) is 11.5. The molecule has 0 bridgehead atoms. The SMILES string of the molecule is CCOC(=O)c1cc(C(=O)N[C@@H](CC)c2ccc(C)cc2)cc([N+](=O)[O-])c1. The number of nitrogens with zero attached hydrogens (tertiary/aromatic N) is 1. The van der Waals surface area contributed by atoms with Gasteiger partial charge in [-0.2, -0.15) is 0 Å². The molecule has 0 aliphatic rings. The molecule has 2 aromatic rings. The fraction of sp³-hybridized carbons (Fsp3) is 0.300. The van der Waals surface area contributed by atoms with Crippen LogP contribution in [-0.2, 0) is 4.74 Å². The van der Waals surface area contributed by atoms with E-state index in [1.807, 2.05) is 38.1 Å². The summed E-state index contributed by atoms with van der Waals surface area (Å²) in [7, 11) is 0. The lowest BCUT2D eigenvalue weighted by Crippen LogP contribution is -2.28. The zero-order chi connectivity index (χ0) is 20.0. The lowest BCUT2D eigenvalue weighted by Gasteiger charge is -2.18. The number of nitrogens with one attached hydrogen (secondary N) is 1. The van der Waals surface area contributed by atoms with Crippen molar-refractivity contribution in [2.75, 3.05) is 6.61 Å². The maximum Gasteiger partial charge on any atom is 0.338 e. The average Bonchev–Trinajstić information content (AvgIpc) is 2.66. The monoisotopic (exact) mass is 370 g/mol. The molecule has 1 N–H and O–H groups in total. The highest BCUT2D eigenvalue weighted by molar-refractivity contribution is 5.99. The molecule has 0 aliphatic carbocycles. The van der Waals surface area contributed by atoms with E-state index in [0.717, 1.165) is 23.3 Å². The Kier molecular flexibility index (Phi) is 6.65. The number of esters is 1. The van der Waals surface area contributed by atoms with Crippen LogP contribution in [0.5, 0.6) is 0 Å². The van der Waals surface area contributed by atoms with Crippen molar-refractivity contribution >= 4 is 17.6 Å². The molecule has 0 saturated heterocycles. The molecule has 0 aromatic heterocycles. The summed E-state index contributed by atoms with van der Waals surface area (Å²) in [6.07, 6.45) is 0.647. The highest BCUT2D eigenvalue weighted by atomic mass is 16.6. The second kappa shape index (κ2) is 8.93. The Morgan fingerprint density at radius 2 is 1.74 bits per heavy atom. The predicted molar refractivity (Wildman–Crippen MR) is 101 cm³/mol. The van der Waals surface area contributed by atoms with Gasteiger partial charge in [0.25, 0.3) is 11.6 Å². The molecular formula is C20H22N2O5. The Labute approximate surface area is 157 Å². The number of nitro groups is 1. The minimum atomic E-state index is -0.708. The Morgan fingerprint density at radius 3 is 2.30 bits per heavy atom. The maximum absolute atomic E-state index is 12.7. The van der Waals surface area contributed by atoms with E-state index in [1.165, 1.54) is 6.07 Å². The Bertz CT molecular complexity index is 846. The molecular weight excluding hydrogens is 348 g/mol. The first-order valence-corrected chi connectivity index (χ1v) is 8.69. The Hall–Kier alpha value is -3.22. The van der Waals surface area contributed by atoms with Crippen LogP contribution in [0.1, 0.15) is 58.2 Å². The molecule has 7 heteroatoms. The molecule has 0 radical (unpaired) electrons. The first-order valence-electron chi connectivity index (χ1n) is 8.69. The molecule has 2 rings (SSSR count). The third-order valence-corrected chi connectivity index (χ3v) is 4.10. The largest absolute Gasteiger partial charge is 0.462 e. The lowest BCUT2D eigenvalue weighted by molar-refractivity contribution is -0.384. The average molecular weight is 370 g/mol. The second-order valence-electron chi connectivity index (χ2n) is 6.09. The number of aryl methyl sites for hydroxylation is 1. The molecule has 2 aromatic carbocycles. The maximum atomic E-state index is 12.7. The van der Waals surface area contributed by atoms with Crippen molar-refractivity contribution in [1.82, 2.24) is 5.32 Å². The van der Waals surface area contributed by atoms with E-state index in [0.29, 0.717) is 6.42 Å². The number of amides is 1. The first-order chi connectivity index (χ1) is 12.8. The molecule has 0 fully saturated rings. The van der Waals surface area contributed by atoms with Gasteiger partial charge in [0.15, 0.2) is 0 Å². The van der Waals surface area contributed by atoms with E-state index >= 15 is 0 Å². The Balaban J connectivity index is 2.31. The number of hydrogen-bond donors (Lipinski definition) is 1. The minimum Gasteiger partial charge on any atom is -0.462 e. The molecule has 0 heterocycles. The number of nitro benzene ring substituents is 1. The number of carbonyl (C=O) groups is 2. The van der Waals surface area contributed by atoms with Crippen molar-refractivity contribution in [3.63, 3.8) is 0 Å². The first kappa shape index (κ1) is 20.1. The molecule has 1 amide bonds. The van der Waals surface area contributed by atoms with Crippen molar-refractivity contribution < 1.29 is 19.2 Å². The summed E-state index contributed by atoms with van der Waals surface area (Å²) in [6.45, 7) is 5.68. The van der Waals surface area contributed by atoms with Crippen molar-refractivity contribution in [3.8, 4) is 0 Å². The second-order valence-corrected chi connectivity index (χ2v) is 6.09. The summed E-state index contributed by atoms with van der Waals surface area (Å²) in [5, 5.41) is 14.0. The van der Waals surface area contributed by atoms with Gasteiger partial charge in [-0.3, -0.25) is 14.9 Å². The highest BCUT2D eigenvalue weighted by Crippen LogP contribution is 2.21. The van der Waals surface area contributed by atoms with Crippen LogP contribution in [0, 0.1) is 17.0 Å². The van der Waals surface area contributed by atoms with E-state index in [2.05, 4.69) is 5.32 Å². The number of ether oxygens (including phenoxy) is 1. The van der Waals surface area contributed by atoms with Gasteiger partial charge >= 0.3 is 5.97 Å². The Morgan fingerprint density at radius 1 is 1.11 bits per heavy atom. The summed E-state index contributed by atoms with van der Waals surface area (Å²) in [6, 6.07) is 11.1. The molecule has 0 saturated carbocycles. The number of benzene rings is 2. The highest BCUT2D eigenvalue weighted by Gasteiger charge is 2.20. The molecule has 1 atom stereocenters. The number of non-ortho nitro benzene ring substituents is 1. The molecule has 0 aliphatic heterocycles. The van der Waals surface area contributed by atoms with E-state index in [1.54, 1.807) is 6.92 Å². The standard InChI is InChI=1S/C20H22N2O5/c1-4-18(14-8-6-13(3)7-9-14)21-19(23)15-10-16(20(24)27-5-2)12-17(11-15)22(25)26/h6-12,18H,4-5H2,1-3H3,(H,21,23)/t18-/m0/s1. The van der Waals surface area contributed by atoms with Crippen molar-refractivity contribution in [3.05, 3.63) is 74.8 Å². The third kappa shape index (κ3) is 5.13. The molecule has 0 unspecified atom stereocenters. The summed E-state index contributed by atoms with van der Waals surface area (Å²) < 4.78 is 4.89. The third-order valence-electron chi connectivity index (χ3n) is 4.10. The van der Waals surface area contributed by atoms with Gasteiger partial charge in [-0.15, -0.1) is 0 Å². The van der Waals surface area contributed by atoms with Gasteiger partial charge in [-0.25, -0.2) is 4.79 Å². The minimum absolute atomic E-state index is 0.0282. The van der Waals surface area contributed by atoms with Crippen LogP contribution in [0.25, 0.3) is 0 Å². The lowest BCUT2D eigenvalue weighted by atomic mass is 10.0. The van der Waals surface area contributed by atoms with Crippen LogP contribution >= 0.6 is 0 Å². The number of hydrogen-bond acceptors (Lipinski definition) is 5. The molecule has 0 spiro atoms. The fourth-order valence-electron chi connectivity index (χ4n) is 2.64. The smallest absolute Gasteiger partial charge is 0.338 e. The van der Waals surface area contributed by atoms with Crippen LogP contribution < -0.4 is 5.32 Å². The van der Waals surface area contributed by atoms with Crippen molar-refractivity contribution in [2.24, 2.45) is 0 Å². The summed E-state index contributed by atoms with van der Waals surface area (Å²) in [5.41, 5.74) is 1.72. The van der Waals surface area contributed by atoms with Gasteiger partial charge in [-0.05, 0) is 31.9 Å². The molecule has 27 heavy (non-hydrogen) atoms. The number of carbonyl (C=O) groups excluding carboxylic acids is 2. The van der Waals surface area contributed by atoms with E-state index in [9.17, 15) is 19.7 Å². The van der Waals surface area contributed by atoms with Crippen LogP contribution in [0.4, 0.5) is 5.69 Å². The van der Waals surface area contributed by atoms with Gasteiger partial charge < -0.3 is 10.1 Å². The molecule has 142 valence electrons. The van der Waals surface area contributed by atoms with Crippen molar-refractivity contribution in [1.29, 1.82) is 0 Å². The van der Waals surface area contributed by atoms with Crippen LogP contribution in [0.2, 0.25) is 0 Å². The summed E-state index contributed by atoms with van der Waals surface area (Å²) >= 11 is 0. The van der Waals surface area contributed by atoms with E-state index < -0.39 is 16.8 Å². The molecule has 7 nitrogen and oxygen atoms in total. The van der Waals surface area contributed by atoms with E-state index in [-0.39, 0.29) is 29.5 Å². The summed E-state index contributed by atoms with van der Waals surface area (Å²) in [4.78, 5) is 35.1. The van der Waals surface area contributed by atoms with Crippen LogP contribution in [0.15, 0.2) is 42.5 Å². The van der Waals surface area contributed by atoms with Crippen LogP contribution in [-0.4, -0.2) is 23.4 Å². The van der Waals surface area contributed by atoms with Gasteiger partial charge in [-0.1, -0.05) is 36.8 Å². The van der Waals surface area contributed by atoms with Gasteiger partial charge in [0.05, 0.1) is 23.1 Å². The summed E-state index contributed by atoms with van der Waals surface area (Å²) in [5.74, 6) is -1.20. The zero-order valence-electron chi connectivity index (χ0n) is 15.5. The topological polar surface area (TPSA) is 98.5 Å². The van der Waals surface area contributed by atoms with Crippen LogP contribution in [0.3, 0.4) is 0 Å².